The molecule has 1 aliphatic rings. The summed E-state index contributed by atoms with van der Waals surface area (Å²) in [4.78, 5) is 11.6. The zero-order chi connectivity index (χ0) is 14.4. The van der Waals surface area contributed by atoms with E-state index in [0.717, 1.165) is 0 Å². The summed E-state index contributed by atoms with van der Waals surface area (Å²) < 4.78 is 20.6. The van der Waals surface area contributed by atoms with Gasteiger partial charge in [0.05, 0.1) is 6.61 Å². The number of aliphatic hydroxyl groups excluding tert-OH is 2. The fraction of sp³-hybridized carbons (Fsp3) is 0.500. The molecule has 0 radical (unpaired) electrons. The molecule has 4 N–H and O–H groups in total. The van der Waals surface area contributed by atoms with Gasteiger partial charge in [0.25, 0.3) is 0 Å². The van der Waals surface area contributed by atoms with Crippen LogP contribution in [-0.2, 0) is 4.74 Å². The maximum absolute atomic E-state index is 14.1. The van der Waals surface area contributed by atoms with E-state index in [9.17, 15) is 9.50 Å². The monoisotopic (exact) mass is 303 g/mol. The predicted molar refractivity (Wildman–Crippen MR) is 66.6 cm³/mol. The van der Waals surface area contributed by atoms with Crippen molar-refractivity contribution in [2.24, 2.45) is 0 Å². The molecule has 2 aromatic rings. The minimum atomic E-state index is -1.74. The van der Waals surface area contributed by atoms with E-state index in [4.69, 9.17) is 27.2 Å². The summed E-state index contributed by atoms with van der Waals surface area (Å²) >= 11 is 5.66. The van der Waals surface area contributed by atoms with Crippen LogP contribution in [0.5, 0.6) is 0 Å². The van der Waals surface area contributed by atoms with Gasteiger partial charge in [0.15, 0.2) is 23.9 Å². The molecule has 8 nitrogen and oxygen atoms in total. The highest BCUT2D eigenvalue weighted by Crippen LogP contribution is 2.34. The molecule has 0 spiro atoms. The number of imidazole rings is 1. The van der Waals surface area contributed by atoms with Crippen LogP contribution in [0.25, 0.3) is 11.2 Å². The Labute approximate surface area is 117 Å². The van der Waals surface area contributed by atoms with Gasteiger partial charge in [0, 0.05) is 0 Å². The van der Waals surface area contributed by atoms with Gasteiger partial charge < -0.3 is 20.7 Å². The molecule has 0 bridgehead atoms. The molecule has 1 saturated heterocycles. The van der Waals surface area contributed by atoms with Crippen LogP contribution in [0.1, 0.15) is 6.23 Å². The Balaban J connectivity index is 2.07. The first-order valence-electron chi connectivity index (χ1n) is 5.77. The number of aromatic nitrogens is 4. The first-order valence-corrected chi connectivity index (χ1v) is 6.14. The average molecular weight is 304 g/mol. The molecule has 1 aliphatic heterocycles. The molecule has 0 aromatic carbocycles. The number of ether oxygens (including phenoxy) is 1. The first-order chi connectivity index (χ1) is 9.52. The van der Waals surface area contributed by atoms with E-state index in [1.807, 2.05) is 0 Å². The molecular formula is C10H11ClFN5O3. The summed E-state index contributed by atoms with van der Waals surface area (Å²) in [7, 11) is 0. The van der Waals surface area contributed by atoms with Crippen LogP contribution in [0, 0.1) is 0 Å². The number of halogens is 2. The number of fused-ring (bicyclic) bond motifs is 1. The van der Waals surface area contributed by atoms with Crippen LogP contribution in [0.2, 0.25) is 5.28 Å². The van der Waals surface area contributed by atoms with E-state index in [-0.39, 0.29) is 22.3 Å². The molecule has 0 unspecified atom stereocenters. The lowest BCUT2D eigenvalue weighted by atomic mass is 10.1. The van der Waals surface area contributed by atoms with Crippen molar-refractivity contribution in [2.45, 2.75) is 24.6 Å². The highest BCUT2D eigenvalue weighted by molar-refractivity contribution is 6.28. The number of nitrogen functional groups attached to an aromatic ring is 1. The summed E-state index contributed by atoms with van der Waals surface area (Å²) in [5.41, 5.74) is 6.18. The fourth-order valence-corrected chi connectivity index (χ4v) is 2.39. The van der Waals surface area contributed by atoms with Crippen molar-refractivity contribution in [1.29, 1.82) is 0 Å². The standard InChI is InChI=1S/C10H11ClFN5O3/c11-10-15-7(13)5-8(16-10)14-2-17(5)9-4(12)6(19)3(1-18)20-9/h2-4,6,9,18-19H,1H2,(H2,13,15,16)/t3-,4-,6-,9-/m1/s1. The van der Waals surface area contributed by atoms with Gasteiger partial charge in [-0.2, -0.15) is 9.97 Å². The van der Waals surface area contributed by atoms with Crippen molar-refractivity contribution in [3.05, 3.63) is 11.6 Å². The number of anilines is 1. The Morgan fingerprint density at radius 2 is 2.25 bits per heavy atom. The van der Waals surface area contributed by atoms with Crippen LogP contribution < -0.4 is 5.73 Å². The van der Waals surface area contributed by atoms with E-state index in [1.165, 1.54) is 10.9 Å². The summed E-state index contributed by atoms with van der Waals surface area (Å²) in [6.45, 7) is -0.497. The number of nitrogens with two attached hydrogens (primary N) is 1. The number of hydrogen-bond acceptors (Lipinski definition) is 7. The Bertz CT molecular complexity index is 653. The van der Waals surface area contributed by atoms with E-state index in [1.54, 1.807) is 0 Å². The Kier molecular flexibility index (Phi) is 3.21. The third-order valence-electron chi connectivity index (χ3n) is 3.18. The SMILES string of the molecule is Nc1nc(Cl)nc2ncn([C@@H]3O[C@H](CO)[C@@H](O)[C@H]3F)c12. The molecule has 3 heterocycles. The zero-order valence-electron chi connectivity index (χ0n) is 10.0. The fourth-order valence-electron chi connectivity index (χ4n) is 2.22. The minimum absolute atomic E-state index is 0.0234. The van der Waals surface area contributed by atoms with Crippen molar-refractivity contribution in [3.63, 3.8) is 0 Å². The van der Waals surface area contributed by atoms with Gasteiger partial charge in [-0.3, -0.25) is 4.57 Å². The van der Waals surface area contributed by atoms with Gasteiger partial charge in [-0.25, -0.2) is 9.37 Å². The molecule has 2 aromatic heterocycles. The van der Waals surface area contributed by atoms with Crippen molar-refractivity contribution in [2.75, 3.05) is 12.3 Å². The van der Waals surface area contributed by atoms with Gasteiger partial charge in [-0.15, -0.1) is 0 Å². The summed E-state index contributed by atoms with van der Waals surface area (Å²) in [5.74, 6) is 0.0234. The van der Waals surface area contributed by atoms with Gasteiger partial charge in [-0.1, -0.05) is 0 Å². The van der Waals surface area contributed by atoms with Gasteiger partial charge >= 0.3 is 0 Å². The molecule has 0 aliphatic carbocycles. The maximum Gasteiger partial charge on any atom is 0.226 e. The van der Waals surface area contributed by atoms with Crippen molar-refractivity contribution in [1.82, 2.24) is 19.5 Å². The smallest absolute Gasteiger partial charge is 0.226 e. The second-order valence-electron chi connectivity index (χ2n) is 4.38. The normalized spacial score (nSPS) is 30.2. The molecule has 3 rings (SSSR count). The van der Waals surface area contributed by atoms with E-state index in [0.29, 0.717) is 0 Å². The lowest BCUT2D eigenvalue weighted by molar-refractivity contribution is -0.0457. The number of nitrogens with zero attached hydrogens (tertiary/aromatic N) is 4. The molecule has 108 valence electrons. The van der Waals surface area contributed by atoms with Crippen molar-refractivity contribution >= 4 is 28.6 Å². The largest absolute Gasteiger partial charge is 0.394 e. The molecule has 1 fully saturated rings. The molecule has 10 heteroatoms. The Morgan fingerprint density at radius 1 is 1.50 bits per heavy atom. The zero-order valence-corrected chi connectivity index (χ0v) is 10.8. The van der Waals surface area contributed by atoms with Gasteiger partial charge in [0.1, 0.15) is 24.1 Å². The second kappa shape index (κ2) is 4.77. The average Bonchev–Trinajstić information content (AvgIpc) is 2.93. The molecule has 20 heavy (non-hydrogen) atoms. The Morgan fingerprint density at radius 3 is 2.90 bits per heavy atom. The van der Waals surface area contributed by atoms with Crippen molar-refractivity contribution < 1.29 is 19.3 Å². The lowest BCUT2D eigenvalue weighted by Gasteiger charge is -2.15. The van der Waals surface area contributed by atoms with Crippen LogP contribution in [0.15, 0.2) is 6.33 Å². The van der Waals surface area contributed by atoms with Crippen LogP contribution in [0.4, 0.5) is 10.2 Å². The van der Waals surface area contributed by atoms with Crippen molar-refractivity contribution in [3.8, 4) is 0 Å². The Hall–Kier alpha value is -1.55. The van der Waals surface area contributed by atoms with E-state index < -0.39 is 31.2 Å². The van der Waals surface area contributed by atoms with Crippen LogP contribution >= 0.6 is 11.6 Å². The minimum Gasteiger partial charge on any atom is -0.394 e. The van der Waals surface area contributed by atoms with E-state index in [2.05, 4.69) is 15.0 Å². The maximum atomic E-state index is 14.1. The number of rotatable bonds is 2. The summed E-state index contributed by atoms with van der Waals surface area (Å²) in [6.07, 6.45) is -4.08. The van der Waals surface area contributed by atoms with Gasteiger partial charge in [-0.05, 0) is 11.6 Å². The van der Waals surface area contributed by atoms with Crippen LogP contribution in [-0.4, -0.2) is 54.7 Å². The second-order valence-corrected chi connectivity index (χ2v) is 4.72. The number of alkyl halides is 1. The van der Waals surface area contributed by atoms with Gasteiger partial charge in [0.2, 0.25) is 5.28 Å². The van der Waals surface area contributed by atoms with Crippen LogP contribution in [0.3, 0.4) is 0 Å². The predicted octanol–water partition coefficient (Wildman–Crippen LogP) is -0.349. The first kappa shape index (κ1) is 13.4. The molecular weight excluding hydrogens is 293 g/mol. The number of hydrogen-bond donors (Lipinski definition) is 3. The summed E-state index contributed by atoms with van der Waals surface area (Å²) in [5, 5.41) is 18.6. The van der Waals surface area contributed by atoms with E-state index >= 15 is 0 Å². The topological polar surface area (TPSA) is 119 Å². The quantitative estimate of drug-likeness (QED) is 0.649. The third-order valence-corrected chi connectivity index (χ3v) is 3.34. The lowest BCUT2D eigenvalue weighted by Crippen LogP contribution is -2.30. The highest BCUT2D eigenvalue weighted by Gasteiger charge is 2.45. The molecule has 4 atom stereocenters. The number of aliphatic hydroxyl groups is 2. The molecule has 0 saturated carbocycles. The third kappa shape index (κ3) is 1.90. The highest BCUT2D eigenvalue weighted by atomic mass is 35.5. The summed E-state index contributed by atoms with van der Waals surface area (Å²) in [6, 6.07) is 0. The molecule has 0 amide bonds.